The number of aryl methyl sites for hydroxylation is 1. The van der Waals surface area contributed by atoms with Gasteiger partial charge in [-0.1, -0.05) is 61.9 Å². The van der Waals surface area contributed by atoms with Gasteiger partial charge in [0.1, 0.15) is 0 Å². The van der Waals surface area contributed by atoms with Crippen molar-refractivity contribution in [2.75, 3.05) is 0 Å². The number of hydrogen-bond acceptors (Lipinski definition) is 5. The number of aromatic amines is 1. The Balaban J connectivity index is 1.55. The van der Waals surface area contributed by atoms with Crippen LogP contribution in [0, 0.1) is 0 Å². The first-order valence-electron chi connectivity index (χ1n) is 9.26. The summed E-state index contributed by atoms with van der Waals surface area (Å²) in [7, 11) is 0. The second-order valence-electron chi connectivity index (χ2n) is 6.55. The molecule has 2 aromatic carbocycles. The number of nitrogens with zero attached hydrogens (tertiary/aromatic N) is 6. The van der Waals surface area contributed by atoms with Gasteiger partial charge in [-0.2, -0.15) is 5.10 Å². The zero-order valence-corrected chi connectivity index (χ0v) is 16.3. The van der Waals surface area contributed by atoms with Crippen LogP contribution in [-0.4, -0.2) is 35.4 Å². The Kier molecular flexibility index (Phi) is 5.43. The molecule has 0 bridgehead atoms. The molecule has 7 nitrogen and oxygen atoms in total. The normalized spacial score (nSPS) is 11.1. The lowest BCUT2D eigenvalue weighted by molar-refractivity contribution is 0.661. The number of rotatable bonds is 7. The molecule has 0 radical (unpaired) electrons. The SMILES string of the molecule is CCCCc1nc(Cl)n(Cc2ccc(-c3ccccc3-c3nnn[nH]3)cc2)n1. The molecular formula is C20H20ClN7. The summed E-state index contributed by atoms with van der Waals surface area (Å²) in [5, 5.41) is 19.2. The fraction of sp³-hybridized carbons (Fsp3) is 0.250. The fourth-order valence-corrected chi connectivity index (χ4v) is 3.28. The van der Waals surface area contributed by atoms with Gasteiger partial charge in [-0.25, -0.2) is 14.8 Å². The molecule has 4 aromatic rings. The van der Waals surface area contributed by atoms with Crippen molar-refractivity contribution in [1.82, 2.24) is 35.4 Å². The minimum absolute atomic E-state index is 0.429. The maximum atomic E-state index is 6.25. The summed E-state index contributed by atoms with van der Waals surface area (Å²) in [5.41, 5.74) is 4.22. The molecule has 0 unspecified atom stereocenters. The highest BCUT2D eigenvalue weighted by atomic mass is 35.5. The Morgan fingerprint density at radius 2 is 1.82 bits per heavy atom. The number of unbranched alkanes of at least 4 members (excludes halogenated alkanes) is 1. The van der Waals surface area contributed by atoms with E-state index in [0.29, 0.717) is 17.7 Å². The largest absolute Gasteiger partial charge is 0.239 e. The summed E-state index contributed by atoms with van der Waals surface area (Å²) < 4.78 is 1.75. The third-order valence-electron chi connectivity index (χ3n) is 4.55. The van der Waals surface area contributed by atoms with E-state index in [1.54, 1.807) is 4.68 Å². The zero-order chi connectivity index (χ0) is 19.3. The van der Waals surface area contributed by atoms with Gasteiger partial charge < -0.3 is 0 Å². The molecule has 0 saturated heterocycles. The molecule has 0 spiro atoms. The minimum atomic E-state index is 0.429. The van der Waals surface area contributed by atoms with E-state index in [2.05, 4.69) is 68.0 Å². The molecule has 0 saturated carbocycles. The highest BCUT2D eigenvalue weighted by Crippen LogP contribution is 2.29. The van der Waals surface area contributed by atoms with Crippen molar-refractivity contribution in [3.05, 3.63) is 65.2 Å². The van der Waals surface area contributed by atoms with Gasteiger partial charge in [0.15, 0.2) is 11.6 Å². The predicted octanol–water partition coefficient (Wildman–Crippen LogP) is 4.17. The van der Waals surface area contributed by atoms with Crippen molar-refractivity contribution >= 4 is 11.6 Å². The van der Waals surface area contributed by atoms with Crippen LogP contribution in [0.25, 0.3) is 22.5 Å². The lowest BCUT2D eigenvalue weighted by Crippen LogP contribution is -2.02. The number of benzene rings is 2. The molecule has 0 aliphatic heterocycles. The van der Waals surface area contributed by atoms with Crippen LogP contribution in [-0.2, 0) is 13.0 Å². The summed E-state index contributed by atoms with van der Waals surface area (Å²) in [4.78, 5) is 4.34. The van der Waals surface area contributed by atoms with Crippen molar-refractivity contribution in [2.45, 2.75) is 32.7 Å². The Labute approximate surface area is 167 Å². The molecule has 0 aliphatic carbocycles. The van der Waals surface area contributed by atoms with Gasteiger partial charge in [0.2, 0.25) is 5.28 Å². The van der Waals surface area contributed by atoms with Crippen LogP contribution in [0.1, 0.15) is 31.2 Å². The fourth-order valence-electron chi connectivity index (χ4n) is 3.09. The topological polar surface area (TPSA) is 85.2 Å². The first kappa shape index (κ1) is 18.3. The number of tetrazole rings is 1. The van der Waals surface area contributed by atoms with Crippen molar-refractivity contribution in [3.8, 4) is 22.5 Å². The highest BCUT2D eigenvalue weighted by molar-refractivity contribution is 6.28. The second kappa shape index (κ2) is 8.31. The molecule has 0 atom stereocenters. The number of halogens is 1. The van der Waals surface area contributed by atoms with Crippen LogP contribution in [0.3, 0.4) is 0 Å². The van der Waals surface area contributed by atoms with Crippen molar-refractivity contribution in [3.63, 3.8) is 0 Å². The number of hydrogen-bond donors (Lipinski definition) is 1. The quantitative estimate of drug-likeness (QED) is 0.509. The van der Waals surface area contributed by atoms with Gasteiger partial charge in [-0.3, -0.25) is 0 Å². The van der Waals surface area contributed by atoms with Gasteiger partial charge in [0.05, 0.1) is 6.54 Å². The molecule has 1 N–H and O–H groups in total. The molecule has 142 valence electrons. The summed E-state index contributed by atoms with van der Waals surface area (Å²) in [6, 6.07) is 16.4. The van der Waals surface area contributed by atoms with E-state index >= 15 is 0 Å². The monoisotopic (exact) mass is 393 g/mol. The molecule has 4 rings (SSSR count). The predicted molar refractivity (Wildman–Crippen MR) is 108 cm³/mol. The molecular weight excluding hydrogens is 374 g/mol. The zero-order valence-electron chi connectivity index (χ0n) is 15.5. The van der Waals surface area contributed by atoms with E-state index in [-0.39, 0.29) is 0 Å². The molecule has 8 heteroatoms. The maximum absolute atomic E-state index is 6.25. The third kappa shape index (κ3) is 3.94. The first-order chi connectivity index (χ1) is 13.7. The van der Waals surface area contributed by atoms with Crippen LogP contribution in [0.15, 0.2) is 48.5 Å². The molecule has 28 heavy (non-hydrogen) atoms. The van der Waals surface area contributed by atoms with E-state index in [9.17, 15) is 0 Å². The van der Waals surface area contributed by atoms with Crippen LogP contribution >= 0.6 is 11.6 Å². The standard InChI is InChI=1S/C20H20ClN7/c1-2-3-8-18-22-20(21)28(25-18)13-14-9-11-15(12-10-14)16-6-4-5-7-17(16)19-23-26-27-24-19/h4-7,9-12H,2-3,8,13H2,1H3,(H,23,24,26,27). The summed E-state index contributed by atoms with van der Waals surface area (Å²) in [6.07, 6.45) is 3.03. The summed E-state index contributed by atoms with van der Waals surface area (Å²) >= 11 is 6.25. The minimum Gasteiger partial charge on any atom is -0.239 e. The molecule has 0 fully saturated rings. The second-order valence-corrected chi connectivity index (χ2v) is 6.89. The van der Waals surface area contributed by atoms with Gasteiger partial charge in [0.25, 0.3) is 0 Å². The average Bonchev–Trinajstić information content (AvgIpc) is 3.37. The van der Waals surface area contributed by atoms with E-state index in [0.717, 1.165) is 47.3 Å². The Morgan fingerprint density at radius 1 is 1.04 bits per heavy atom. The van der Waals surface area contributed by atoms with Crippen molar-refractivity contribution < 1.29 is 0 Å². The number of nitrogens with one attached hydrogen (secondary N) is 1. The number of H-pyrrole nitrogens is 1. The van der Waals surface area contributed by atoms with E-state index < -0.39 is 0 Å². The Hall–Kier alpha value is -3.06. The third-order valence-corrected chi connectivity index (χ3v) is 4.83. The van der Waals surface area contributed by atoms with Crippen LogP contribution in [0.5, 0.6) is 0 Å². The average molecular weight is 394 g/mol. The lowest BCUT2D eigenvalue weighted by Gasteiger charge is -2.08. The molecule has 0 aliphatic rings. The van der Waals surface area contributed by atoms with E-state index in [4.69, 9.17) is 11.6 Å². The van der Waals surface area contributed by atoms with Gasteiger partial charge in [-0.05, 0) is 45.1 Å². The Bertz CT molecular complexity index is 1040. The van der Waals surface area contributed by atoms with Crippen LogP contribution < -0.4 is 0 Å². The highest BCUT2D eigenvalue weighted by Gasteiger charge is 2.11. The van der Waals surface area contributed by atoms with Crippen LogP contribution in [0.4, 0.5) is 0 Å². The van der Waals surface area contributed by atoms with Gasteiger partial charge in [-0.15, -0.1) is 5.10 Å². The van der Waals surface area contributed by atoms with Gasteiger partial charge >= 0.3 is 0 Å². The van der Waals surface area contributed by atoms with E-state index in [1.807, 2.05) is 18.2 Å². The van der Waals surface area contributed by atoms with Crippen molar-refractivity contribution in [1.29, 1.82) is 0 Å². The molecule has 2 aromatic heterocycles. The smallest absolute Gasteiger partial charge is 0.221 e. The van der Waals surface area contributed by atoms with E-state index in [1.165, 1.54) is 0 Å². The molecule has 0 amide bonds. The van der Waals surface area contributed by atoms with Crippen molar-refractivity contribution in [2.24, 2.45) is 0 Å². The van der Waals surface area contributed by atoms with Gasteiger partial charge in [0, 0.05) is 12.0 Å². The summed E-state index contributed by atoms with van der Waals surface area (Å²) in [5.74, 6) is 1.45. The number of aromatic nitrogens is 7. The summed E-state index contributed by atoms with van der Waals surface area (Å²) in [6.45, 7) is 2.74. The first-order valence-corrected chi connectivity index (χ1v) is 9.64. The Morgan fingerprint density at radius 3 is 2.54 bits per heavy atom. The lowest BCUT2D eigenvalue weighted by atomic mass is 9.98. The van der Waals surface area contributed by atoms with Crippen LogP contribution in [0.2, 0.25) is 5.28 Å². The molecule has 2 heterocycles. The maximum Gasteiger partial charge on any atom is 0.221 e.